The molecular formula is C5H12BF3OP-. The minimum Gasteiger partial charge on any atom is -0.486 e. The van der Waals surface area contributed by atoms with Crippen molar-refractivity contribution in [3.05, 3.63) is 0 Å². The van der Waals surface area contributed by atoms with Gasteiger partial charge in [-0.3, -0.25) is 0 Å². The summed E-state index contributed by atoms with van der Waals surface area (Å²) in [6.07, 6.45) is 0. The smallest absolute Gasteiger partial charge is 0.486 e. The highest BCUT2D eigenvalue weighted by atomic mass is 31.1. The van der Waals surface area contributed by atoms with Crippen LogP contribution in [0, 0.1) is 0 Å². The molecule has 0 bridgehead atoms. The fourth-order valence-corrected chi connectivity index (χ4v) is 1.01. The van der Waals surface area contributed by atoms with Crippen molar-refractivity contribution < 1.29 is 17.4 Å². The molecule has 0 rings (SSSR count). The molecule has 0 heterocycles. The Morgan fingerprint density at radius 3 is 1.64 bits per heavy atom. The maximum absolute atomic E-state index is 11.7. The van der Waals surface area contributed by atoms with Crippen LogP contribution in [0.15, 0.2) is 0 Å². The largest absolute Gasteiger partial charge is 0.640 e. The van der Waals surface area contributed by atoms with E-state index in [1.165, 1.54) is 6.66 Å². The summed E-state index contributed by atoms with van der Waals surface area (Å²) in [6.45, 7) is 6.70. The molecule has 0 aliphatic heterocycles. The highest BCUT2D eigenvalue weighted by Crippen LogP contribution is 2.49. The minimum absolute atomic E-state index is 0.396. The Labute approximate surface area is 66.2 Å². The summed E-state index contributed by atoms with van der Waals surface area (Å²) >= 11 is 0. The molecule has 68 valence electrons. The van der Waals surface area contributed by atoms with Crippen molar-refractivity contribution >= 4 is 15.3 Å². The molecule has 0 saturated heterocycles. The van der Waals surface area contributed by atoms with Crippen LogP contribution < -0.4 is 0 Å². The third-order valence-corrected chi connectivity index (χ3v) is 3.67. The van der Waals surface area contributed by atoms with Gasteiger partial charge in [-0.05, 0) is 14.8 Å². The fourth-order valence-electron chi connectivity index (χ4n) is 0.337. The van der Waals surface area contributed by atoms with Gasteiger partial charge < -0.3 is 17.4 Å². The third kappa shape index (κ3) is 5.51. The second-order valence-electron chi connectivity index (χ2n) is 3.29. The molecule has 1 nitrogen and oxygen atoms in total. The summed E-state index contributed by atoms with van der Waals surface area (Å²) in [6, 6.07) is 0. The van der Waals surface area contributed by atoms with E-state index in [4.69, 9.17) is 0 Å². The number of hydrogen-bond acceptors (Lipinski definition) is 1. The number of rotatable bonds is 2. The summed E-state index contributed by atoms with van der Waals surface area (Å²) in [5.74, 6) is 0. The molecule has 0 aliphatic rings. The molecule has 0 aromatic rings. The van der Waals surface area contributed by atoms with E-state index in [0.29, 0.717) is 0 Å². The zero-order chi connectivity index (χ0) is 9.28. The van der Waals surface area contributed by atoms with Gasteiger partial charge in [-0.1, -0.05) is 20.8 Å². The molecule has 11 heavy (non-hydrogen) atoms. The van der Waals surface area contributed by atoms with Gasteiger partial charge in [-0.2, -0.15) is 0 Å². The van der Waals surface area contributed by atoms with Gasteiger partial charge in [0.15, 0.2) is 0 Å². The van der Waals surface area contributed by atoms with Gasteiger partial charge >= 0.3 is 7.18 Å². The number of halogens is 3. The zero-order valence-corrected chi connectivity index (χ0v) is 7.96. The molecule has 1 unspecified atom stereocenters. The Morgan fingerprint density at radius 2 is 1.55 bits per heavy atom. The van der Waals surface area contributed by atoms with Crippen LogP contribution in [0.1, 0.15) is 20.8 Å². The Morgan fingerprint density at radius 1 is 1.18 bits per heavy atom. The lowest BCUT2D eigenvalue weighted by molar-refractivity contribution is 0.309. The SMILES string of the molecule is CP(O[B-](F)(F)F)C(C)(C)C. The fraction of sp³-hybridized carbons (Fsp3) is 1.00. The molecule has 0 fully saturated rings. The van der Waals surface area contributed by atoms with Gasteiger partial charge in [0.1, 0.15) is 0 Å². The van der Waals surface area contributed by atoms with Crippen LogP contribution in [0.25, 0.3) is 0 Å². The maximum atomic E-state index is 11.7. The summed E-state index contributed by atoms with van der Waals surface area (Å²) in [4.78, 5) is 0. The van der Waals surface area contributed by atoms with Crippen LogP contribution >= 0.6 is 8.15 Å². The first-order valence-electron chi connectivity index (χ1n) is 3.24. The highest BCUT2D eigenvalue weighted by molar-refractivity contribution is 7.54. The minimum atomic E-state index is -5.08. The predicted octanol–water partition coefficient (Wildman–Crippen LogP) is 3.17. The van der Waals surface area contributed by atoms with Crippen LogP contribution in [0.5, 0.6) is 0 Å². The topological polar surface area (TPSA) is 9.23 Å². The summed E-state index contributed by atoms with van der Waals surface area (Å²) in [5, 5.41) is -0.396. The second-order valence-corrected chi connectivity index (χ2v) is 5.84. The molecule has 0 aromatic heterocycles. The zero-order valence-electron chi connectivity index (χ0n) is 7.07. The average molecular weight is 187 g/mol. The van der Waals surface area contributed by atoms with E-state index in [9.17, 15) is 12.9 Å². The second kappa shape index (κ2) is 3.32. The number of hydrogen-bond donors (Lipinski definition) is 0. The first-order valence-corrected chi connectivity index (χ1v) is 4.95. The lowest BCUT2D eigenvalue weighted by Crippen LogP contribution is -2.23. The molecule has 1 atom stereocenters. The van der Waals surface area contributed by atoms with E-state index in [-0.39, 0.29) is 0 Å². The molecule has 0 aromatic carbocycles. The van der Waals surface area contributed by atoms with Crippen molar-refractivity contribution in [1.29, 1.82) is 0 Å². The van der Waals surface area contributed by atoms with Crippen LogP contribution in [-0.4, -0.2) is 19.0 Å². The van der Waals surface area contributed by atoms with E-state index < -0.39 is 20.5 Å². The van der Waals surface area contributed by atoms with Crippen LogP contribution in [0.2, 0.25) is 0 Å². The first-order chi connectivity index (χ1) is 4.63. The lowest BCUT2D eigenvalue weighted by Gasteiger charge is -2.33. The van der Waals surface area contributed by atoms with E-state index in [0.717, 1.165) is 0 Å². The van der Waals surface area contributed by atoms with Crippen LogP contribution in [0.3, 0.4) is 0 Å². The molecule has 0 aliphatic carbocycles. The van der Waals surface area contributed by atoms with Crippen molar-refractivity contribution in [3.8, 4) is 0 Å². The maximum Gasteiger partial charge on any atom is 0.640 e. The van der Waals surface area contributed by atoms with Gasteiger partial charge in [-0.15, -0.1) is 0 Å². The van der Waals surface area contributed by atoms with Crippen molar-refractivity contribution in [1.82, 2.24) is 0 Å². The van der Waals surface area contributed by atoms with Crippen molar-refractivity contribution in [2.45, 2.75) is 25.9 Å². The van der Waals surface area contributed by atoms with Gasteiger partial charge in [-0.25, -0.2) is 0 Å². The first kappa shape index (κ1) is 11.2. The van der Waals surface area contributed by atoms with Gasteiger partial charge in [0.25, 0.3) is 0 Å². The van der Waals surface area contributed by atoms with E-state index in [2.05, 4.69) is 4.44 Å². The third-order valence-electron chi connectivity index (χ3n) is 1.22. The van der Waals surface area contributed by atoms with Gasteiger partial charge in [0, 0.05) is 5.16 Å². The average Bonchev–Trinajstić information content (AvgIpc) is 1.56. The monoisotopic (exact) mass is 187 g/mol. The van der Waals surface area contributed by atoms with E-state index in [1.807, 2.05) is 0 Å². The van der Waals surface area contributed by atoms with Gasteiger partial charge in [0.05, 0.1) is 0 Å². The van der Waals surface area contributed by atoms with Crippen LogP contribution in [-0.2, 0) is 4.44 Å². The van der Waals surface area contributed by atoms with Crippen molar-refractivity contribution in [2.75, 3.05) is 6.66 Å². The molecule has 6 heteroatoms. The lowest BCUT2D eigenvalue weighted by atomic mass is 10.3. The summed E-state index contributed by atoms with van der Waals surface area (Å²) in [5.41, 5.74) is 0. The van der Waals surface area contributed by atoms with E-state index in [1.54, 1.807) is 20.8 Å². The normalized spacial score (nSPS) is 16.6. The Hall–Kier alpha value is 0.245. The standard InChI is InChI=1S/C5H12BF3OP/c1-5(2,3)11(4)10-6(7,8)9/h1-4H3/q-1. The Balaban J connectivity index is 3.99. The summed E-state index contributed by atoms with van der Waals surface area (Å²) in [7, 11) is -6.49. The molecule has 0 saturated carbocycles. The van der Waals surface area contributed by atoms with Crippen molar-refractivity contribution in [3.63, 3.8) is 0 Å². The van der Waals surface area contributed by atoms with Crippen molar-refractivity contribution in [2.24, 2.45) is 0 Å². The molecule has 0 N–H and O–H groups in total. The molecular weight excluding hydrogens is 175 g/mol. The van der Waals surface area contributed by atoms with Gasteiger partial charge in [0.2, 0.25) is 0 Å². The Kier molecular flexibility index (Phi) is 3.39. The Bertz CT molecular complexity index is 131. The van der Waals surface area contributed by atoms with E-state index >= 15 is 0 Å². The molecule has 0 amide bonds. The molecule has 0 radical (unpaired) electrons. The summed E-state index contributed by atoms with van der Waals surface area (Å²) < 4.78 is 39.0. The molecule has 0 spiro atoms. The predicted molar refractivity (Wildman–Crippen MR) is 42.8 cm³/mol. The highest BCUT2D eigenvalue weighted by Gasteiger charge is 2.32. The van der Waals surface area contributed by atoms with Crippen LogP contribution in [0.4, 0.5) is 12.9 Å². The quantitative estimate of drug-likeness (QED) is 0.476.